The van der Waals surface area contributed by atoms with E-state index in [1.165, 1.54) is 5.01 Å². The van der Waals surface area contributed by atoms with E-state index < -0.39 is 0 Å². The zero-order chi connectivity index (χ0) is 10.6. The summed E-state index contributed by atoms with van der Waals surface area (Å²) in [6.45, 7) is 4.69. The predicted octanol–water partition coefficient (Wildman–Crippen LogP) is -0.303. The van der Waals surface area contributed by atoms with Gasteiger partial charge in [-0.15, -0.1) is 0 Å². The van der Waals surface area contributed by atoms with Crippen LogP contribution in [0.5, 0.6) is 0 Å². The van der Waals surface area contributed by atoms with Crippen LogP contribution < -0.4 is 16.5 Å². The largest absolute Gasteiger partial charge is 0.356 e. The molecule has 0 spiro atoms. The van der Waals surface area contributed by atoms with Gasteiger partial charge in [-0.2, -0.15) is 4.91 Å². The molecule has 1 rings (SSSR count). The van der Waals surface area contributed by atoms with Crippen molar-refractivity contribution in [2.75, 3.05) is 13.1 Å². The monoisotopic (exact) mass is 199 g/mol. The van der Waals surface area contributed by atoms with Crippen LogP contribution in [0.15, 0.2) is 17.1 Å². The zero-order valence-corrected chi connectivity index (χ0v) is 8.53. The van der Waals surface area contributed by atoms with Crippen LogP contribution in [0.2, 0.25) is 0 Å². The summed E-state index contributed by atoms with van der Waals surface area (Å²) in [5, 5.41) is 10.7. The van der Waals surface area contributed by atoms with E-state index in [0.29, 0.717) is 6.54 Å². The quantitative estimate of drug-likeness (QED) is 0.329. The van der Waals surface area contributed by atoms with Gasteiger partial charge in [-0.05, 0) is 19.9 Å². The summed E-state index contributed by atoms with van der Waals surface area (Å²) in [6, 6.07) is 0.275. The van der Waals surface area contributed by atoms with Crippen molar-refractivity contribution in [3.8, 4) is 0 Å². The maximum absolute atomic E-state index is 9.94. The molecule has 0 aromatic heterocycles. The second kappa shape index (κ2) is 4.92. The van der Waals surface area contributed by atoms with E-state index in [0.717, 1.165) is 5.82 Å². The number of hydrazine groups is 1. The van der Waals surface area contributed by atoms with Crippen LogP contribution in [-0.2, 0) is 0 Å². The van der Waals surface area contributed by atoms with Crippen molar-refractivity contribution < 1.29 is 0 Å². The summed E-state index contributed by atoms with van der Waals surface area (Å²) in [7, 11) is 0. The molecule has 0 fully saturated rings. The fourth-order valence-electron chi connectivity index (χ4n) is 1.44. The van der Waals surface area contributed by atoms with E-state index in [9.17, 15) is 4.91 Å². The lowest BCUT2D eigenvalue weighted by atomic mass is 10.2. The van der Waals surface area contributed by atoms with Gasteiger partial charge in [0.1, 0.15) is 12.4 Å². The van der Waals surface area contributed by atoms with Crippen molar-refractivity contribution in [1.29, 1.82) is 0 Å². The topological polar surface area (TPSA) is 82.8 Å². The lowest BCUT2D eigenvalue weighted by Gasteiger charge is -2.32. The Balaban J connectivity index is 2.52. The lowest BCUT2D eigenvalue weighted by molar-refractivity contribution is 0.293. The fourth-order valence-corrected chi connectivity index (χ4v) is 1.44. The second-order valence-corrected chi connectivity index (χ2v) is 3.42. The molecule has 0 radical (unpaired) electrons. The Kier molecular flexibility index (Phi) is 3.84. The summed E-state index contributed by atoms with van der Waals surface area (Å²) in [6.07, 6.45) is 2.16. The molecule has 14 heavy (non-hydrogen) atoms. The number of nitrogens with one attached hydrogen (secondary N) is 2. The number of nitrogens with zero attached hydrogens (tertiary/aromatic N) is 2. The molecule has 0 bridgehead atoms. The Morgan fingerprint density at radius 1 is 1.64 bits per heavy atom. The third-order valence-electron chi connectivity index (χ3n) is 2.03. The number of rotatable bonds is 4. The van der Waals surface area contributed by atoms with Crippen molar-refractivity contribution in [2.45, 2.75) is 26.1 Å². The lowest BCUT2D eigenvalue weighted by Crippen LogP contribution is -2.53. The minimum absolute atomic E-state index is 0.181. The minimum atomic E-state index is 0.181. The van der Waals surface area contributed by atoms with Crippen LogP contribution in [-0.4, -0.2) is 30.3 Å². The molecule has 2 atom stereocenters. The molecule has 2 unspecified atom stereocenters. The van der Waals surface area contributed by atoms with E-state index in [1.54, 1.807) is 0 Å². The summed E-state index contributed by atoms with van der Waals surface area (Å²) < 4.78 is 0. The van der Waals surface area contributed by atoms with Crippen molar-refractivity contribution in [3.63, 3.8) is 0 Å². The SMILES string of the molecule is CC1C=C(N(N)CCN=O)NC(C)N1. The molecule has 1 aliphatic rings. The van der Waals surface area contributed by atoms with Gasteiger partial charge in [0.25, 0.3) is 0 Å². The van der Waals surface area contributed by atoms with Gasteiger partial charge < -0.3 is 5.32 Å². The van der Waals surface area contributed by atoms with Gasteiger partial charge in [-0.25, -0.2) is 5.84 Å². The molecule has 0 amide bonds. The molecule has 6 nitrogen and oxygen atoms in total. The highest BCUT2D eigenvalue weighted by Gasteiger charge is 2.16. The van der Waals surface area contributed by atoms with Crippen molar-refractivity contribution in [3.05, 3.63) is 16.8 Å². The maximum atomic E-state index is 9.94. The van der Waals surface area contributed by atoms with Crippen LogP contribution in [0, 0.1) is 4.91 Å². The van der Waals surface area contributed by atoms with Gasteiger partial charge in [0.15, 0.2) is 0 Å². The number of nitrogens with two attached hydrogens (primary N) is 1. The molecule has 0 saturated carbocycles. The molecule has 6 heteroatoms. The van der Waals surface area contributed by atoms with Crippen LogP contribution in [0.25, 0.3) is 0 Å². The first kappa shape index (κ1) is 10.9. The van der Waals surface area contributed by atoms with Crippen LogP contribution in [0.4, 0.5) is 0 Å². The summed E-state index contributed by atoms with van der Waals surface area (Å²) in [5.41, 5.74) is 0. The highest BCUT2D eigenvalue weighted by Crippen LogP contribution is 2.04. The van der Waals surface area contributed by atoms with Gasteiger partial charge in [-0.3, -0.25) is 10.3 Å². The fraction of sp³-hybridized carbons (Fsp3) is 0.750. The molecular formula is C8H17N5O. The Morgan fingerprint density at radius 3 is 2.93 bits per heavy atom. The minimum Gasteiger partial charge on any atom is -0.356 e. The third-order valence-corrected chi connectivity index (χ3v) is 2.03. The maximum Gasteiger partial charge on any atom is 0.114 e. The average molecular weight is 199 g/mol. The molecular weight excluding hydrogens is 182 g/mol. The van der Waals surface area contributed by atoms with E-state index in [4.69, 9.17) is 5.84 Å². The van der Waals surface area contributed by atoms with Crippen molar-refractivity contribution in [1.82, 2.24) is 15.6 Å². The Bertz CT molecular complexity index is 230. The molecule has 80 valence electrons. The van der Waals surface area contributed by atoms with Gasteiger partial charge in [0, 0.05) is 6.04 Å². The normalized spacial score (nSPS) is 26.4. The van der Waals surface area contributed by atoms with Gasteiger partial charge in [0.05, 0.1) is 12.7 Å². The van der Waals surface area contributed by atoms with Crippen LogP contribution in [0.1, 0.15) is 13.8 Å². The van der Waals surface area contributed by atoms with Crippen LogP contribution in [0.3, 0.4) is 0 Å². The molecule has 4 N–H and O–H groups in total. The van der Waals surface area contributed by atoms with Gasteiger partial charge in [-0.1, -0.05) is 5.18 Å². The number of hydrogen-bond acceptors (Lipinski definition) is 6. The number of nitroso groups, excluding NO2 is 1. The van der Waals surface area contributed by atoms with Gasteiger partial charge >= 0.3 is 0 Å². The van der Waals surface area contributed by atoms with Gasteiger partial charge in [0.2, 0.25) is 0 Å². The van der Waals surface area contributed by atoms with Crippen molar-refractivity contribution in [2.24, 2.45) is 11.0 Å². The second-order valence-electron chi connectivity index (χ2n) is 3.42. The average Bonchev–Trinajstić information content (AvgIpc) is 2.12. The third kappa shape index (κ3) is 2.97. The zero-order valence-electron chi connectivity index (χ0n) is 8.53. The summed E-state index contributed by atoms with van der Waals surface area (Å²) in [4.78, 5) is 9.94. The smallest absolute Gasteiger partial charge is 0.114 e. The first-order valence-corrected chi connectivity index (χ1v) is 4.69. The Hall–Kier alpha value is -1.14. The molecule has 0 aromatic carbocycles. The highest BCUT2D eigenvalue weighted by molar-refractivity contribution is 5.07. The highest BCUT2D eigenvalue weighted by atomic mass is 16.3. The van der Waals surface area contributed by atoms with E-state index in [1.807, 2.05) is 19.9 Å². The molecule has 0 aromatic rings. The van der Waals surface area contributed by atoms with E-state index >= 15 is 0 Å². The predicted molar refractivity (Wildman–Crippen MR) is 54.8 cm³/mol. The molecule has 0 aliphatic carbocycles. The summed E-state index contributed by atoms with van der Waals surface area (Å²) in [5.74, 6) is 6.58. The molecule has 1 aliphatic heterocycles. The molecule has 0 saturated heterocycles. The first-order valence-electron chi connectivity index (χ1n) is 4.69. The Labute approximate surface area is 83.5 Å². The summed E-state index contributed by atoms with van der Waals surface area (Å²) >= 11 is 0. The van der Waals surface area contributed by atoms with E-state index in [-0.39, 0.29) is 18.8 Å². The first-order chi connectivity index (χ1) is 6.63. The van der Waals surface area contributed by atoms with E-state index in [2.05, 4.69) is 15.8 Å². The van der Waals surface area contributed by atoms with Crippen molar-refractivity contribution >= 4 is 0 Å². The molecule has 1 heterocycles. The Morgan fingerprint density at radius 2 is 2.36 bits per heavy atom. The van der Waals surface area contributed by atoms with Crippen LogP contribution >= 0.6 is 0 Å². The number of hydrogen-bond donors (Lipinski definition) is 3. The standard InChI is InChI=1S/C8H17N5O/c1-6-5-8(12-7(2)11-6)13(9)4-3-10-14/h5-7,11-12H,3-4,9H2,1-2H3.